The van der Waals surface area contributed by atoms with Crippen LogP contribution in [0.15, 0.2) is 29.1 Å². The Bertz CT molecular complexity index is 985. The number of aromatic amines is 1. The van der Waals surface area contributed by atoms with Crippen LogP contribution in [0.25, 0.3) is 32.2 Å². The molecule has 7 heteroatoms. The van der Waals surface area contributed by atoms with E-state index in [-0.39, 0.29) is 6.61 Å². The van der Waals surface area contributed by atoms with Crippen LogP contribution in [-0.2, 0) is 6.42 Å². The number of aromatic nitrogens is 4. The van der Waals surface area contributed by atoms with Gasteiger partial charge in [0.15, 0.2) is 0 Å². The molecule has 0 amide bonds. The summed E-state index contributed by atoms with van der Waals surface area (Å²) in [7, 11) is 0. The average Bonchev–Trinajstić information content (AvgIpc) is 3.30. The fourth-order valence-electron chi connectivity index (χ4n) is 2.62. The van der Waals surface area contributed by atoms with Gasteiger partial charge in [0.2, 0.25) is 0 Å². The molecule has 0 fully saturated rings. The first kappa shape index (κ1) is 15.4. The van der Waals surface area contributed by atoms with E-state index >= 15 is 0 Å². The normalized spacial score (nSPS) is 11.4. The Hall–Kier alpha value is -2.09. The van der Waals surface area contributed by atoms with E-state index < -0.39 is 0 Å². The zero-order valence-corrected chi connectivity index (χ0v) is 14.7. The van der Waals surface area contributed by atoms with Crippen molar-refractivity contribution >= 4 is 32.9 Å². The molecular weight excluding hydrogens is 340 g/mol. The highest BCUT2D eigenvalue weighted by Crippen LogP contribution is 2.34. The lowest BCUT2D eigenvalue weighted by Crippen LogP contribution is -1.91. The minimum Gasteiger partial charge on any atom is -0.396 e. The first-order chi connectivity index (χ1) is 11.7. The third kappa shape index (κ3) is 2.86. The summed E-state index contributed by atoms with van der Waals surface area (Å²) in [5.41, 5.74) is 6.81. The number of rotatable bonds is 5. The Morgan fingerprint density at radius 2 is 2.12 bits per heavy atom. The minimum atomic E-state index is 0.161. The summed E-state index contributed by atoms with van der Waals surface area (Å²) in [6, 6.07) is 6.24. The number of aliphatic hydroxyl groups is 1. The highest BCUT2D eigenvalue weighted by molar-refractivity contribution is 7.16. The maximum Gasteiger partial charge on any atom is 0.144 e. The molecule has 122 valence electrons. The lowest BCUT2D eigenvalue weighted by molar-refractivity contribution is 0.287. The standard InChI is InChI=1S/C17H16N4OS2/c1-10-8-23-17(19-10)16-15(20-14(21-16)3-2-6-22)11-4-5-12-13(7-11)24-9-18-12/h4-5,7-9,22H,2-3,6H2,1H3,(H,20,21). The first-order valence-electron chi connectivity index (χ1n) is 7.70. The quantitative estimate of drug-likeness (QED) is 0.566. The van der Waals surface area contributed by atoms with Gasteiger partial charge in [-0.2, -0.15) is 0 Å². The fraction of sp³-hybridized carbons (Fsp3) is 0.235. The number of nitrogens with zero attached hydrogens (tertiary/aromatic N) is 3. The van der Waals surface area contributed by atoms with Crippen LogP contribution in [-0.4, -0.2) is 31.6 Å². The molecule has 0 aliphatic carbocycles. The Kier molecular flexibility index (Phi) is 4.13. The van der Waals surface area contributed by atoms with Gasteiger partial charge in [-0.1, -0.05) is 6.07 Å². The van der Waals surface area contributed by atoms with E-state index in [2.05, 4.69) is 27.1 Å². The van der Waals surface area contributed by atoms with Crippen molar-refractivity contribution in [1.82, 2.24) is 19.9 Å². The molecule has 2 N–H and O–H groups in total. The molecule has 4 aromatic rings. The van der Waals surface area contributed by atoms with E-state index in [1.807, 2.05) is 23.9 Å². The van der Waals surface area contributed by atoms with Crippen molar-refractivity contribution in [2.24, 2.45) is 0 Å². The number of hydrogen-bond acceptors (Lipinski definition) is 6. The molecule has 0 aliphatic heterocycles. The van der Waals surface area contributed by atoms with Crippen LogP contribution >= 0.6 is 22.7 Å². The van der Waals surface area contributed by atoms with Crippen LogP contribution in [0.2, 0.25) is 0 Å². The van der Waals surface area contributed by atoms with Gasteiger partial charge >= 0.3 is 0 Å². The molecule has 0 saturated carbocycles. The number of H-pyrrole nitrogens is 1. The molecule has 0 spiro atoms. The van der Waals surface area contributed by atoms with Gasteiger partial charge in [0.25, 0.3) is 0 Å². The SMILES string of the molecule is Cc1csc(-c2nc(CCCO)[nH]c2-c2ccc3ncsc3c2)n1. The number of aryl methyl sites for hydroxylation is 2. The average molecular weight is 356 g/mol. The lowest BCUT2D eigenvalue weighted by Gasteiger charge is -2.01. The highest BCUT2D eigenvalue weighted by atomic mass is 32.1. The Morgan fingerprint density at radius 3 is 2.92 bits per heavy atom. The van der Waals surface area contributed by atoms with E-state index in [9.17, 15) is 0 Å². The summed E-state index contributed by atoms with van der Waals surface area (Å²) >= 11 is 3.23. The van der Waals surface area contributed by atoms with Crippen LogP contribution in [0.5, 0.6) is 0 Å². The van der Waals surface area contributed by atoms with Crippen molar-refractivity contribution in [2.75, 3.05) is 6.61 Å². The molecule has 0 bridgehead atoms. The van der Waals surface area contributed by atoms with E-state index in [4.69, 9.17) is 10.1 Å². The summed E-state index contributed by atoms with van der Waals surface area (Å²) in [5, 5.41) is 12.0. The summed E-state index contributed by atoms with van der Waals surface area (Å²) in [5.74, 6) is 0.881. The Morgan fingerprint density at radius 1 is 1.21 bits per heavy atom. The number of aliphatic hydroxyl groups excluding tert-OH is 1. The van der Waals surface area contributed by atoms with Gasteiger partial charge in [-0.3, -0.25) is 0 Å². The van der Waals surface area contributed by atoms with Gasteiger partial charge < -0.3 is 10.1 Å². The van der Waals surface area contributed by atoms with Crippen LogP contribution in [0, 0.1) is 6.92 Å². The third-order valence-corrected chi connectivity index (χ3v) is 5.52. The van der Waals surface area contributed by atoms with Crippen molar-refractivity contribution in [3.05, 3.63) is 40.6 Å². The van der Waals surface area contributed by atoms with Crippen LogP contribution in [0.3, 0.4) is 0 Å². The predicted octanol–water partition coefficient (Wildman–Crippen LogP) is 4.04. The van der Waals surface area contributed by atoms with Crippen molar-refractivity contribution in [3.63, 3.8) is 0 Å². The van der Waals surface area contributed by atoms with Gasteiger partial charge in [0.1, 0.15) is 16.5 Å². The number of hydrogen-bond donors (Lipinski definition) is 2. The van der Waals surface area contributed by atoms with Gasteiger partial charge in [0, 0.05) is 29.7 Å². The zero-order chi connectivity index (χ0) is 16.5. The second-order valence-electron chi connectivity index (χ2n) is 5.56. The van der Waals surface area contributed by atoms with Gasteiger partial charge in [-0.05, 0) is 25.5 Å². The van der Waals surface area contributed by atoms with E-state index in [0.29, 0.717) is 6.42 Å². The number of benzene rings is 1. The molecule has 0 saturated heterocycles. The van der Waals surface area contributed by atoms with Gasteiger partial charge in [-0.25, -0.2) is 15.0 Å². The monoisotopic (exact) mass is 356 g/mol. The smallest absolute Gasteiger partial charge is 0.144 e. The van der Waals surface area contributed by atoms with Crippen molar-refractivity contribution in [2.45, 2.75) is 19.8 Å². The first-order valence-corrected chi connectivity index (χ1v) is 9.46. The van der Waals surface area contributed by atoms with Crippen molar-refractivity contribution < 1.29 is 5.11 Å². The van der Waals surface area contributed by atoms with Crippen LogP contribution in [0.1, 0.15) is 17.9 Å². The predicted molar refractivity (Wildman–Crippen MR) is 98.5 cm³/mol. The minimum absolute atomic E-state index is 0.161. The molecule has 3 heterocycles. The maximum atomic E-state index is 9.08. The van der Waals surface area contributed by atoms with Gasteiger partial charge in [-0.15, -0.1) is 22.7 Å². The number of imidazole rings is 1. The number of thiazole rings is 2. The molecule has 24 heavy (non-hydrogen) atoms. The summed E-state index contributed by atoms with van der Waals surface area (Å²) in [6.45, 7) is 2.15. The number of fused-ring (bicyclic) bond motifs is 1. The maximum absolute atomic E-state index is 9.08. The molecule has 4 rings (SSSR count). The number of nitrogens with one attached hydrogen (secondary N) is 1. The summed E-state index contributed by atoms with van der Waals surface area (Å²) < 4.78 is 1.15. The summed E-state index contributed by atoms with van der Waals surface area (Å²) in [6.07, 6.45) is 1.41. The highest BCUT2D eigenvalue weighted by Gasteiger charge is 2.17. The fourth-order valence-corrected chi connectivity index (χ4v) is 4.13. The molecular formula is C17H16N4OS2. The van der Waals surface area contributed by atoms with E-state index in [0.717, 1.165) is 50.1 Å². The molecule has 0 radical (unpaired) electrons. The Balaban J connectivity index is 1.83. The Labute approximate surface area is 147 Å². The molecule has 5 nitrogen and oxygen atoms in total. The van der Waals surface area contributed by atoms with Crippen LogP contribution < -0.4 is 0 Å². The topological polar surface area (TPSA) is 74.7 Å². The van der Waals surface area contributed by atoms with E-state index in [1.54, 1.807) is 22.7 Å². The lowest BCUT2D eigenvalue weighted by atomic mass is 10.1. The second kappa shape index (κ2) is 6.43. The molecule has 1 aromatic carbocycles. The van der Waals surface area contributed by atoms with E-state index in [1.165, 1.54) is 0 Å². The van der Waals surface area contributed by atoms with Gasteiger partial charge in [0.05, 0.1) is 21.4 Å². The summed E-state index contributed by atoms with van der Waals surface area (Å²) in [4.78, 5) is 17.1. The second-order valence-corrected chi connectivity index (χ2v) is 7.31. The van der Waals surface area contributed by atoms with Crippen molar-refractivity contribution in [3.8, 4) is 22.0 Å². The third-order valence-electron chi connectivity index (χ3n) is 3.77. The van der Waals surface area contributed by atoms with Crippen LogP contribution in [0.4, 0.5) is 0 Å². The molecule has 0 unspecified atom stereocenters. The molecule has 0 atom stereocenters. The largest absolute Gasteiger partial charge is 0.396 e. The molecule has 0 aliphatic rings. The van der Waals surface area contributed by atoms with Crippen molar-refractivity contribution in [1.29, 1.82) is 0 Å². The zero-order valence-electron chi connectivity index (χ0n) is 13.1. The molecule has 3 aromatic heterocycles.